The van der Waals surface area contributed by atoms with Crippen molar-refractivity contribution in [2.75, 3.05) is 0 Å². The highest BCUT2D eigenvalue weighted by Crippen LogP contribution is 2.59. The monoisotopic (exact) mass is 532 g/mol. The summed E-state index contributed by atoms with van der Waals surface area (Å²) >= 11 is 0. The highest BCUT2D eigenvalue weighted by Gasteiger charge is 2.54. The van der Waals surface area contributed by atoms with E-state index in [1.54, 1.807) is 0 Å². The second-order valence-electron chi connectivity index (χ2n) is 12.7. The molecule has 0 saturated heterocycles. The Hall–Kier alpha value is -2.16. The predicted octanol–water partition coefficient (Wildman–Crippen LogP) is 9.83. The molecular formula is C36H52O3. The molecule has 0 bridgehead atoms. The first kappa shape index (κ1) is 29.8. The van der Waals surface area contributed by atoms with Crippen LogP contribution in [0.3, 0.4) is 0 Å². The van der Waals surface area contributed by atoms with Crippen LogP contribution in [0, 0.1) is 17.3 Å². The summed E-state index contributed by atoms with van der Waals surface area (Å²) in [4.78, 5) is 25.0. The second-order valence-corrected chi connectivity index (χ2v) is 12.7. The maximum Gasteiger partial charge on any atom is 0.311 e. The van der Waals surface area contributed by atoms with Crippen LogP contribution in [0.1, 0.15) is 140 Å². The van der Waals surface area contributed by atoms with E-state index >= 15 is 0 Å². The summed E-state index contributed by atoms with van der Waals surface area (Å²) in [5.41, 5.74) is 2.73. The van der Waals surface area contributed by atoms with Crippen LogP contribution < -0.4 is 4.74 Å². The van der Waals surface area contributed by atoms with Crippen molar-refractivity contribution in [2.45, 2.75) is 135 Å². The number of hydrogen-bond donors (Lipinski definition) is 0. The van der Waals surface area contributed by atoms with Gasteiger partial charge in [-0.2, -0.15) is 0 Å². The lowest BCUT2D eigenvalue weighted by Gasteiger charge is -2.48. The van der Waals surface area contributed by atoms with Crippen LogP contribution in [0.5, 0.6) is 5.75 Å². The van der Waals surface area contributed by atoms with Gasteiger partial charge in [-0.3, -0.25) is 9.59 Å². The van der Waals surface area contributed by atoms with Crippen LogP contribution in [-0.4, -0.2) is 11.8 Å². The fourth-order valence-electron chi connectivity index (χ4n) is 7.68. The summed E-state index contributed by atoms with van der Waals surface area (Å²) in [6.45, 7) is 4.48. The molecule has 0 radical (unpaired) electrons. The molecular weight excluding hydrogens is 480 g/mol. The zero-order valence-electron chi connectivity index (χ0n) is 24.7. The molecule has 39 heavy (non-hydrogen) atoms. The number of fused-ring (bicyclic) bond motifs is 5. The van der Waals surface area contributed by atoms with Crippen molar-refractivity contribution in [3.05, 3.63) is 53.6 Å². The molecule has 0 N–H and O–H groups in total. The maximum absolute atomic E-state index is 12.6. The van der Waals surface area contributed by atoms with Crippen LogP contribution in [0.15, 0.2) is 42.5 Å². The first-order valence-electron chi connectivity index (χ1n) is 16.2. The minimum absolute atomic E-state index is 0.0732. The van der Waals surface area contributed by atoms with E-state index in [9.17, 15) is 9.59 Å². The van der Waals surface area contributed by atoms with Gasteiger partial charge in [0.15, 0.2) is 0 Å². The van der Waals surface area contributed by atoms with Crippen molar-refractivity contribution in [2.24, 2.45) is 17.3 Å². The quantitative estimate of drug-likeness (QED) is 0.0977. The first-order valence-corrected chi connectivity index (χ1v) is 16.2. The fraction of sp³-hybridized carbons (Fsp3) is 0.667. The van der Waals surface area contributed by atoms with Gasteiger partial charge < -0.3 is 4.74 Å². The molecule has 3 heteroatoms. The van der Waals surface area contributed by atoms with E-state index in [0.717, 1.165) is 57.8 Å². The fourth-order valence-corrected chi connectivity index (χ4v) is 7.68. The summed E-state index contributed by atoms with van der Waals surface area (Å²) in [7, 11) is 0. The Bertz CT molecular complexity index is 1000. The Morgan fingerprint density at radius 1 is 0.923 bits per heavy atom. The van der Waals surface area contributed by atoms with Crippen molar-refractivity contribution in [3.63, 3.8) is 0 Å². The first-order chi connectivity index (χ1) is 19.0. The highest BCUT2D eigenvalue weighted by atomic mass is 16.5. The van der Waals surface area contributed by atoms with Gasteiger partial charge in [0.1, 0.15) is 11.5 Å². The third kappa shape index (κ3) is 7.95. The standard InChI is InChI=1S/C36H52O3/c1-3-4-5-6-7-8-9-10-11-12-13-14-15-16-17-18-35(38)39-29-20-22-30-28(27-29)19-21-32-31(30)25-26-36(2)33(32)23-24-34(36)37/h7-10,20,22,27,31-33H,3-6,11-19,21,23-26H2,1-2H3/b8-7-,10-9+/t31-,32-,33+,36+/m1/s1. The molecule has 0 spiro atoms. The maximum atomic E-state index is 12.6. The van der Waals surface area contributed by atoms with Crippen molar-refractivity contribution in [3.8, 4) is 5.75 Å². The number of aryl methyl sites for hydroxylation is 1. The van der Waals surface area contributed by atoms with Gasteiger partial charge in [0, 0.05) is 18.3 Å². The zero-order chi connectivity index (χ0) is 27.5. The third-order valence-electron chi connectivity index (χ3n) is 10.00. The number of rotatable bonds is 15. The van der Waals surface area contributed by atoms with E-state index in [4.69, 9.17) is 4.74 Å². The molecule has 0 aromatic heterocycles. The topological polar surface area (TPSA) is 43.4 Å². The Morgan fingerprint density at radius 3 is 2.41 bits per heavy atom. The van der Waals surface area contributed by atoms with E-state index < -0.39 is 0 Å². The average molecular weight is 533 g/mol. The number of esters is 1. The molecule has 3 nitrogen and oxygen atoms in total. The van der Waals surface area contributed by atoms with Crippen LogP contribution >= 0.6 is 0 Å². The molecule has 0 amide bonds. The van der Waals surface area contributed by atoms with E-state index in [2.05, 4.69) is 50.3 Å². The summed E-state index contributed by atoms with van der Waals surface area (Å²) < 4.78 is 5.74. The third-order valence-corrected chi connectivity index (χ3v) is 10.00. The number of ether oxygens (including phenoxy) is 1. The number of ketones is 1. The van der Waals surface area contributed by atoms with Crippen LogP contribution in [0.4, 0.5) is 0 Å². The zero-order valence-corrected chi connectivity index (χ0v) is 24.7. The lowest BCUT2D eigenvalue weighted by molar-refractivity contribution is -0.134. The Balaban J connectivity index is 1.09. The van der Waals surface area contributed by atoms with Gasteiger partial charge in [-0.15, -0.1) is 0 Å². The second kappa shape index (κ2) is 15.0. The molecule has 1 aromatic rings. The Labute approximate surface area is 237 Å². The SMILES string of the molecule is CCCCC/C=C\C=C\CCCCCCCCC(=O)Oc1ccc2c(c1)CC[C@@H]1[C@@H]2CC[C@]2(C)C(=O)CC[C@@H]12. The smallest absolute Gasteiger partial charge is 0.311 e. The van der Waals surface area contributed by atoms with Gasteiger partial charge in [-0.05, 0) is 105 Å². The lowest BCUT2D eigenvalue weighted by Crippen LogP contribution is -2.42. The van der Waals surface area contributed by atoms with Crippen LogP contribution in [0.25, 0.3) is 0 Å². The van der Waals surface area contributed by atoms with Gasteiger partial charge >= 0.3 is 5.97 Å². The number of carbonyl (C=O) groups is 2. The molecule has 0 unspecified atom stereocenters. The van der Waals surface area contributed by atoms with Crippen LogP contribution in [0.2, 0.25) is 0 Å². The van der Waals surface area contributed by atoms with Crippen molar-refractivity contribution in [1.82, 2.24) is 0 Å². The number of unbranched alkanes of at least 4 members (excludes halogenated alkanes) is 9. The summed E-state index contributed by atoms with van der Waals surface area (Å²) in [5.74, 6) is 2.86. The van der Waals surface area contributed by atoms with E-state index in [0.29, 0.717) is 35.7 Å². The summed E-state index contributed by atoms with van der Waals surface area (Å²) in [6.07, 6.45) is 28.9. The van der Waals surface area contributed by atoms with Gasteiger partial charge in [0.05, 0.1) is 0 Å². The highest BCUT2D eigenvalue weighted by molar-refractivity contribution is 5.87. The van der Waals surface area contributed by atoms with E-state index in [-0.39, 0.29) is 11.4 Å². The normalized spacial score (nSPS) is 26.1. The molecule has 214 valence electrons. The molecule has 2 saturated carbocycles. The summed E-state index contributed by atoms with van der Waals surface area (Å²) in [5, 5.41) is 0. The Kier molecular flexibility index (Phi) is 11.5. The number of carbonyl (C=O) groups excluding carboxylic acids is 2. The van der Waals surface area contributed by atoms with Crippen LogP contribution in [-0.2, 0) is 16.0 Å². The van der Waals surface area contributed by atoms with Gasteiger partial charge in [0.2, 0.25) is 0 Å². The minimum atomic E-state index is -0.102. The van der Waals surface area contributed by atoms with Gasteiger partial charge in [0.25, 0.3) is 0 Å². The molecule has 3 aliphatic rings. The van der Waals surface area contributed by atoms with Crippen molar-refractivity contribution in [1.29, 1.82) is 0 Å². The van der Waals surface area contributed by atoms with Gasteiger partial charge in [-0.1, -0.05) is 82.7 Å². The molecule has 4 atom stereocenters. The molecule has 0 heterocycles. The summed E-state index contributed by atoms with van der Waals surface area (Å²) in [6, 6.07) is 6.34. The molecule has 3 aliphatic carbocycles. The van der Waals surface area contributed by atoms with Gasteiger partial charge in [-0.25, -0.2) is 0 Å². The predicted molar refractivity (Wildman–Crippen MR) is 161 cm³/mol. The van der Waals surface area contributed by atoms with E-state index in [1.165, 1.54) is 62.5 Å². The van der Waals surface area contributed by atoms with Crippen molar-refractivity contribution < 1.29 is 14.3 Å². The van der Waals surface area contributed by atoms with Crippen molar-refractivity contribution >= 4 is 11.8 Å². The lowest BCUT2D eigenvalue weighted by atomic mass is 9.55. The molecule has 0 aliphatic heterocycles. The number of benzene rings is 1. The molecule has 1 aromatic carbocycles. The van der Waals surface area contributed by atoms with E-state index in [1.807, 2.05) is 6.07 Å². The number of hydrogen-bond acceptors (Lipinski definition) is 3. The number of allylic oxidation sites excluding steroid dienone is 4. The minimum Gasteiger partial charge on any atom is -0.427 e. The molecule has 2 fully saturated rings. The molecule has 4 rings (SSSR count). The Morgan fingerprint density at radius 2 is 1.64 bits per heavy atom. The number of Topliss-reactive ketones (excluding diaryl/α,β-unsaturated/α-hetero) is 1. The largest absolute Gasteiger partial charge is 0.427 e. The average Bonchev–Trinajstić information content (AvgIpc) is 3.24.